The van der Waals surface area contributed by atoms with Gasteiger partial charge >= 0.3 is 5.97 Å². The molecule has 0 aliphatic rings. The number of thioether (sulfide) groups is 1. The molecule has 0 fully saturated rings. The van der Waals surface area contributed by atoms with E-state index in [0.29, 0.717) is 5.76 Å². The Labute approximate surface area is 162 Å². The maximum absolute atomic E-state index is 12.1. The van der Waals surface area contributed by atoms with Gasteiger partial charge in [-0.25, -0.2) is 0 Å². The fraction of sp³-hybridized carbons (Fsp3) is 0.238. The molecule has 27 heavy (non-hydrogen) atoms. The molecule has 0 radical (unpaired) electrons. The monoisotopic (exact) mass is 383 g/mol. The SMILES string of the molecule is C[C@H](Sc1ccccc1)C(=O)OCC(=O)N[C@@H](C)c1cc2ccccc2o1. The van der Waals surface area contributed by atoms with Gasteiger partial charge in [-0.3, -0.25) is 9.59 Å². The largest absolute Gasteiger partial charge is 0.459 e. The van der Waals surface area contributed by atoms with Gasteiger partial charge in [-0.15, -0.1) is 11.8 Å². The van der Waals surface area contributed by atoms with Gasteiger partial charge in [0.05, 0.1) is 6.04 Å². The zero-order valence-corrected chi connectivity index (χ0v) is 16.0. The van der Waals surface area contributed by atoms with Crippen LogP contribution in [0.25, 0.3) is 11.0 Å². The molecule has 0 unspecified atom stereocenters. The van der Waals surface area contributed by atoms with E-state index in [4.69, 9.17) is 9.15 Å². The molecule has 0 bridgehead atoms. The van der Waals surface area contributed by atoms with Crippen LogP contribution in [0.5, 0.6) is 0 Å². The van der Waals surface area contributed by atoms with Crippen LogP contribution in [-0.4, -0.2) is 23.7 Å². The molecule has 6 heteroatoms. The number of para-hydroxylation sites is 1. The van der Waals surface area contributed by atoms with E-state index in [1.165, 1.54) is 11.8 Å². The number of ether oxygens (including phenoxy) is 1. The number of carbonyl (C=O) groups is 2. The summed E-state index contributed by atoms with van der Waals surface area (Å²) in [6.07, 6.45) is 0. The van der Waals surface area contributed by atoms with E-state index in [1.807, 2.05) is 67.6 Å². The number of hydrogen-bond donors (Lipinski definition) is 1. The fourth-order valence-corrected chi connectivity index (χ4v) is 3.46. The third-order valence-electron chi connectivity index (χ3n) is 3.98. The fourth-order valence-electron chi connectivity index (χ4n) is 2.58. The summed E-state index contributed by atoms with van der Waals surface area (Å²) in [5, 5.41) is 3.37. The highest BCUT2D eigenvalue weighted by Gasteiger charge is 2.19. The predicted molar refractivity (Wildman–Crippen MR) is 105 cm³/mol. The number of fused-ring (bicyclic) bond motifs is 1. The van der Waals surface area contributed by atoms with E-state index in [0.717, 1.165) is 15.9 Å². The first-order valence-corrected chi connectivity index (χ1v) is 9.57. The summed E-state index contributed by atoms with van der Waals surface area (Å²) in [7, 11) is 0. The summed E-state index contributed by atoms with van der Waals surface area (Å²) < 4.78 is 10.9. The first kappa shape index (κ1) is 19.0. The second kappa shape index (κ2) is 8.77. The van der Waals surface area contributed by atoms with Crippen LogP contribution in [0, 0.1) is 0 Å². The lowest BCUT2D eigenvalue weighted by molar-refractivity contribution is -0.147. The number of hydrogen-bond acceptors (Lipinski definition) is 5. The van der Waals surface area contributed by atoms with Crippen LogP contribution < -0.4 is 5.32 Å². The Kier molecular flexibility index (Phi) is 6.19. The normalized spacial score (nSPS) is 13.1. The molecule has 0 saturated heterocycles. The Hall–Kier alpha value is -2.73. The van der Waals surface area contributed by atoms with Crippen molar-refractivity contribution in [3.63, 3.8) is 0 Å². The smallest absolute Gasteiger partial charge is 0.319 e. The Morgan fingerprint density at radius 1 is 1.07 bits per heavy atom. The number of esters is 1. The van der Waals surface area contributed by atoms with Crippen LogP contribution in [0.2, 0.25) is 0 Å². The highest BCUT2D eigenvalue weighted by Crippen LogP contribution is 2.24. The zero-order valence-electron chi connectivity index (χ0n) is 15.2. The maximum atomic E-state index is 12.1. The maximum Gasteiger partial charge on any atom is 0.319 e. The quantitative estimate of drug-likeness (QED) is 0.486. The average Bonchev–Trinajstić information content (AvgIpc) is 3.11. The van der Waals surface area contributed by atoms with Gasteiger partial charge in [0, 0.05) is 10.3 Å². The van der Waals surface area contributed by atoms with Gasteiger partial charge < -0.3 is 14.5 Å². The summed E-state index contributed by atoms with van der Waals surface area (Å²) in [5.41, 5.74) is 0.770. The molecule has 2 atom stereocenters. The number of nitrogens with one attached hydrogen (secondary N) is 1. The van der Waals surface area contributed by atoms with Crippen molar-refractivity contribution in [2.24, 2.45) is 0 Å². The Morgan fingerprint density at radius 3 is 2.52 bits per heavy atom. The first-order valence-electron chi connectivity index (χ1n) is 8.69. The highest BCUT2D eigenvalue weighted by atomic mass is 32.2. The van der Waals surface area contributed by atoms with Gasteiger partial charge in [0.25, 0.3) is 5.91 Å². The lowest BCUT2D eigenvalue weighted by Crippen LogP contribution is -2.32. The second-order valence-corrected chi connectivity index (χ2v) is 7.57. The van der Waals surface area contributed by atoms with Gasteiger partial charge in [0.1, 0.15) is 16.6 Å². The minimum absolute atomic E-state index is 0.316. The Bertz CT molecular complexity index is 889. The predicted octanol–water partition coefficient (Wildman–Crippen LogP) is 4.33. The molecule has 1 N–H and O–H groups in total. The number of amides is 1. The topological polar surface area (TPSA) is 68.5 Å². The van der Waals surface area contributed by atoms with E-state index in [-0.39, 0.29) is 18.6 Å². The van der Waals surface area contributed by atoms with Crippen molar-refractivity contribution in [1.82, 2.24) is 5.32 Å². The van der Waals surface area contributed by atoms with Gasteiger partial charge in [-0.05, 0) is 38.1 Å². The number of benzene rings is 2. The molecule has 2 aromatic carbocycles. The van der Waals surface area contributed by atoms with Gasteiger partial charge in [-0.2, -0.15) is 0 Å². The molecule has 1 heterocycles. The van der Waals surface area contributed by atoms with Crippen molar-refractivity contribution in [2.75, 3.05) is 6.61 Å². The molecule has 1 aromatic heterocycles. The van der Waals surface area contributed by atoms with Crippen molar-refractivity contribution < 1.29 is 18.7 Å². The van der Waals surface area contributed by atoms with E-state index in [1.54, 1.807) is 6.92 Å². The van der Waals surface area contributed by atoms with E-state index in [9.17, 15) is 9.59 Å². The molecule has 0 saturated carbocycles. The molecule has 0 spiro atoms. The Morgan fingerprint density at radius 2 is 1.78 bits per heavy atom. The van der Waals surface area contributed by atoms with Crippen molar-refractivity contribution in [3.05, 3.63) is 66.4 Å². The van der Waals surface area contributed by atoms with Crippen molar-refractivity contribution in [1.29, 1.82) is 0 Å². The molecular weight excluding hydrogens is 362 g/mol. The van der Waals surface area contributed by atoms with Gasteiger partial charge in [0.15, 0.2) is 6.61 Å². The van der Waals surface area contributed by atoms with Crippen LogP contribution in [0.15, 0.2) is 70.0 Å². The lowest BCUT2D eigenvalue weighted by atomic mass is 10.2. The molecule has 3 aromatic rings. The summed E-state index contributed by atoms with van der Waals surface area (Å²) in [6.45, 7) is 3.27. The summed E-state index contributed by atoms with van der Waals surface area (Å²) >= 11 is 1.40. The van der Waals surface area contributed by atoms with Crippen molar-refractivity contribution in [2.45, 2.75) is 30.0 Å². The highest BCUT2D eigenvalue weighted by molar-refractivity contribution is 8.00. The van der Waals surface area contributed by atoms with Crippen LogP contribution in [0.4, 0.5) is 0 Å². The van der Waals surface area contributed by atoms with E-state index in [2.05, 4.69) is 5.32 Å². The number of furan rings is 1. The third kappa shape index (κ3) is 5.14. The van der Waals surface area contributed by atoms with Crippen LogP contribution in [0.3, 0.4) is 0 Å². The van der Waals surface area contributed by atoms with Crippen LogP contribution in [0.1, 0.15) is 25.6 Å². The van der Waals surface area contributed by atoms with Crippen LogP contribution in [-0.2, 0) is 14.3 Å². The summed E-state index contributed by atoms with van der Waals surface area (Å²) in [5.74, 6) is -0.132. The second-order valence-electron chi connectivity index (χ2n) is 6.16. The lowest BCUT2D eigenvalue weighted by Gasteiger charge is -2.13. The average molecular weight is 383 g/mol. The first-order chi connectivity index (χ1) is 13.0. The molecule has 0 aliphatic heterocycles. The van der Waals surface area contributed by atoms with Crippen molar-refractivity contribution in [3.8, 4) is 0 Å². The van der Waals surface area contributed by atoms with Crippen LogP contribution >= 0.6 is 11.8 Å². The standard InChI is InChI=1S/C21H21NO4S/c1-14(19-12-16-8-6-7-11-18(16)26-19)22-20(23)13-25-21(24)15(2)27-17-9-4-3-5-10-17/h3-12,14-15H,13H2,1-2H3,(H,22,23)/t14-,15-/m0/s1. The summed E-state index contributed by atoms with van der Waals surface area (Å²) in [6, 6.07) is 18.8. The summed E-state index contributed by atoms with van der Waals surface area (Å²) in [4.78, 5) is 25.2. The molecule has 5 nitrogen and oxygen atoms in total. The minimum atomic E-state index is -0.421. The molecule has 1 amide bonds. The van der Waals surface area contributed by atoms with Gasteiger partial charge in [-0.1, -0.05) is 36.4 Å². The molecule has 0 aliphatic carbocycles. The van der Waals surface area contributed by atoms with E-state index < -0.39 is 11.2 Å². The Balaban J connectivity index is 1.47. The van der Waals surface area contributed by atoms with E-state index >= 15 is 0 Å². The third-order valence-corrected chi connectivity index (χ3v) is 5.07. The minimum Gasteiger partial charge on any atom is -0.459 e. The van der Waals surface area contributed by atoms with Gasteiger partial charge in [0.2, 0.25) is 0 Å². The molecular formula is C21H21NO4S. The number of carbonyl (C=O) groups excluding carboxylic acids is 2. The molecule has 3 rings (SSSR count). The number of rotatable bonds is 7. The zero-order chi connectivity index (χ0) is 19.2. The van der Waals surface area contributed by atoms with Crippen molar-refractivity contribution >= 4 is 34.6 Å². The molecule has 140 valence electrons.